The van der Waals surface area contributed by atoms with Crippen LogP contribution in [0.25, 0.3) is 11.0 Å². The van der Waals surface area contributed by atoms with Crippen LogP contribution in [0.5, 0.6) is 0 Å². The SMILES string of the molecule is CCOC(=O)c1cc2c(NC(=O)c3ccc(N)cc3)n[nH]c2nc1N. The quantitative estimate of drug-likeness (QED) is 0.416. The predicted octanol–water partition coefficient (Wildman–Crippen LogP) is 1.55. The van der Waals surface area contributed by atoms with Gasteiger partial charge < -0.3 is 21.5 Å². The van der Waals surface area contributed by atoms with Crippen molar-refractivity contribution >= 4 is 40.2 Å². The van der Waals surface area contributed by atoms with Gasteiger partial charge >= 0.3 is 5.97 Å². The molecule has 3 rings (SSSR count). The molecule has 128 valence electrons. The molecule has 25 heavy (non-hydrogen) atoms. The third kappa shape index (κ3) is 3.20. The summed E-state index contributed by atoms with van der Waals surface area (Å²) in [4.78, 5) is 28.3. The molecule has 2 heterocycles. The lowest BCUT2D eigenvalue weighted by molar-refractivity contribution is 0.0527. The first kappa shape index (κ1) is 16.2. The molecule has 1 amide bonds. The van der Waals surface area contributed by atoms with Crippen LogP contribution < -0.4 is 16.8 Å². The summed E-state index contributed by atoms with van der Waals surface area (Å²) in [7, 11) is 0. The predicted molar refractivity (Wildman–Crippen MR) is 93.1 cm³/mol. The van der Waals surface area contributed by atoms with E-state index in [9.17, 15) is 9.59 Å². The molecule has 3 aromatic rings. The molecular formula is C16H16N6O3. The molecule has 6 N–H and O–H groups in total. The number of aromatic nitrogens is 3. The van der Waals surface area contributed by atoms with Gasteiger partial charge in [-0.1, -0.05) is 0 Å². The largest absolute Gasteiger partial charge is 0.462 e. The Kier molecular flexibility index (Phi) is 4.21. The summed E-state index contributed by atoms with van der Waals surface area (Å²) < 4.78 is 4.95. The molecule has 0 fully saturated rings. The van der Waals surface area contributed by atoms with Crippen molar-refractivity contribution in [3.8, 4) is 0 Å². The van der Waals surface area contributed by atoms with Crippen molar-refractivity contribution in [1.29, 1.82) is 0 Å². The van der Waals surface area contributed by atoms with E-state index in [0.29, 0.717) is 22.3 Å². The number of carbonyl (C=O) groups is 2. The van der Waals surface area contributed by atoms with E-state index >= 15 is 0 Å². The number of nitrogens with two attached hydrogens (primary N) is 2. The van der Waals surface area contributed by atoms with Gasteiger partial charge in [-0.05, 0) is 37.3 Å². The smallest absolute Gasteiger partial charge is 0.341 e. The molecule has 0 unspecified atom stereocenters. The van der Waals surface area contributed by atoms with Crippen LogP contribution in [0.4, 0.5) is 17.3 Å². The summed E-state index contributed by atoms with van der Waals surface area (Å²) in [6.45, 7) is 1.90. The number of benzene rings is 1. The van der Waals surface area contributed by atoms with E-state index in [1.54, 1.807) is 31.2 Å². The van der Waals surface area contributed by atoms with Crippen LogP contribution in [0.15, 0.2) is 30.3 Å². The van der Waals surface area contributed by atoms with Crippen LogP contribution in [0.3, 0.4) is 0 Å². The highest BCUT2D eigenvalue weighted by molar-refractivity contribution is 6.09. The Hall–Kier alpha value is -3.62. The molecule has 0 spiro atoms. The molecule has 0 saturated carbocycles. The van der Waals surface area contributed by atoms with Crippen molar-refractivity contribution in [2.24, 2.45) is 0 Å². The number of ether oxygens (including phenoxy) is 1. The zero-order valence-electron chi connectivity index (χ0n) is 13.4. The first-order chi connectivity index (χ1) is 12.0. The zero-order valence-corrected chi connectivity index (χ0v) is 13.4. The van der Waals surface area contributed by atoms with Crippen LogP contribution in [0, 0.1) is 0 Å². The van der Waals surface area contributed by atoms with E-state index < -0.39 is 5.97 Å². The van der Waals surface area contributed by atoms with E-state index in [1.807, 2.05) is 0 Å². The van der Waals surface area contributed by atoms with Crippen molar-refractivity contribution in [2.75, 3.05) is 23.4 Å². The van der Waals surface area contributed by atoms with Gasteiger partial charge in [-0.2, -0.15) is 5.10 Å². The van der Waals surface area contributed by atoms with Crippen LogP contribution in [0.2, 0.25) is 0 Å². The van der Waals surface area contributed by atoms with Gasteiger partial charge in [0.25, 0.3) is 5.91 Å². The standard InChI is InChI=1S/C16H16N6O3/c1-2-25-16(24)10-7-11-13(19-12(10)18)21-22-14(11)20-15(23)8-3-5-9(17)6-4-8/h3-7H,2,17H2,1H3,(H4,18,19,20,21,22,23). The van der Waals surface area contributed by atoms with Gasteiger partial charge in [-0.3, -0.25) is 9.89 Å². The molecule has 0 aliphatic rings. The Balaban J connectivity index is 1.94. The molecule has 0 aliphatic carbocycles. The first-order valence-electron chi connectivity index (χ1n) is 7.48. The summed E-state index contributed by atoms with van der Waals surface area (Å²) in [6.07, 6.45) is 0. The van der Waals surface area contributed by atoms with Gasteiger partial charge in [-0.15, -0.1) is 0 Å². The highest BCUT2D eigenvalue weighted by atomic mass is 16.5. The van der Waals surface area contributed by atoms with Crippen LogP contribution in [-0.2, 0) is 4.74 Å². The summed E-state index contributed by atoms with van der Waals surface area (Å²) >= 11 is 0. The number of fused-ring (bicyclic) bond motifs is 1. The van der Waals surface area contributed by atoms with E-state index in [-0.39, 0.29) is 29.7 Å². The number of carbonyl (C=O) groups excluding carboxylic acids is 2. The normalized spacial score (nSPS) is 10.6. The van der Waals surface area contributed by atoms with Crippen molar-refractivity contribution in [3.63, 3.8) is 0 Å². The molecule has 9 heteroatoms. The number of amides is 1. The molecule has 0 saturated heterocycles. The Morgan fingerprint density at radius 2 is 1.96 bits per heavy atom. The van der Waals surface area contributed by atoms with Crippen molar-refractivity contribution in [3.05, 3.63) is 41.5 Å². The summed E-state index contributed by atoms with van der Waals surface area (Å²) in [5.41, 5.74) is 12.8. The molecule has 0 bridgehead atoms. The minimum atomic E-state index is -0.591. The number of hydrogen-bond acceptors (Lipinski definition) is 7. The summed E-state index contributed by atoms with van der Waals surface area (Å²) in [5, 5.41) is 9.79. The third-order valence-electron chi connectivity index (χ3n) is 3.48. The van der Waals surface area contributed by atoms with E-state index in [1.165, 1.54) is 6.07 Å². The Bertz CT molecular complexity index is 948. The maximum absolute atomic E-state index is 12.3. The maximum Gasteiger partial charge on any atom is 0.341 e. The van der Waals surface area contributed by atoms with E-state index in [2.05, 4.69) is 20.5 Å². The Morgan fingerprint density at radius 1 is 1.24 bits per heavy atom. The van der Waals surface area contributed by atoms with Gasteiger partial charge in [0.2, 0.25) is 0 Å². The lowest BCUT2D eigenvalue weighted by Gasteiger charge is -2.06. The van der Waals surface area contributed by atoms with Gasteiger partial charge in [-0.25, -0.2) is 9.78 Å². The number of nitrogen functional groups attached to an aromatic ring is 2. The number of nitrogens with one attached hydrogen (secondary N) is 2. The van der Waals surface area contributed by atoms with E-state index in [0.717, 1.165) is 0 Å². The van der Waals surface area contributed by atoms with Gasteiger partial charge in [0, 0.05) is 11.3 Å². The number of rotatable bonds is 4. The summed E-state index contributed by atoms with van der Waals surface area (Å²) in [5.74, 6) is -0.713. The molecule has 0 radical (unpaired) electrons. The number of pyridine rings is 1. The second-order valence-electron chi connectivity index (χ2n) is 5.19. The number of esters is 1. The third-order valence-corrected chi connectivity index (χ3v) is 3.48. The van der Waals surface area contributed by atoms with Crippen LogP contribution >= 0.6 is 0 Å². The second kappa shape index (κ2) is 6.48. The monoisotopic (exact) mass is 340 g/mol. The fraction of sp³-hybridized carbons (Fsp3) is 0.125. The minimum absolute atomic E-state index is 0.0195. The fourth-order valence-corrected chi connectivity index (χ4v) is 2.24. The lowest BCUT2D eigenvalue weighted by Crippen LogP contribution is -2.13. The fourth-order valence-electron chi connectivity index (χ4n) is 2.24. The number of anilines is 3. The molecule has 9 nitrogen and oxygen atoms in total. The topological polar surface area (TPSA) is 149 Å². The highest BCUT2D eigenvalue weighted by Gasteiger charge is 2.18. The number of hydrogen-bond donors (Lipinski definition) is 4. The van der Waals surface area contributed by atoms with Crippen molar-refractivity contribution in [2.45, 2.75) is 6.92 Å². The second-order valence-corrected chi connectivity index (χ2v) is 5.19. The van der Waals surface area contributed by atoms with E-state index in [4.69, 9.17) is 16.2 Å². The van der Waals surface area contributed by atoms with Crippen LogP contribution in [-0.4, -0.2) is 33.7 Å². The molecule has 0 aliphatic heterocycles. The van der Waals surface area contributed by atoms with Gasteiger partial charge in [0.1, 0.15) is 11.4 Å². The number of nitrogens with zero attached hydrogens (tertiary/aromatic N) is 2. The minimum Gasteiger partial charge on any atom is -0.462 e. The number of aromatic amines is 1. The first-order valence-corrected chi connectivity index (χ1v) is 7.48. The van der Waals surface area contributed by atoms with Crippen molar-refractivity contribution in [1.82, 2.24) is 15.2 Å². The molecule has 0 atom stereocenters. The average molecular weight is 340 g/mol. The molecule has 1 aromatic carbocycles. The average Bonchev–Trinajstić information content (AvgIpc) is 2.96. The maximum atomic E-state index is 12.3. The Morgan fingerprint density at radius 3 is 2.64 bits per heavy atom. The molecular weight excluding hydrogens is 324 g/mol. The molecule has 2 aromatic heterocycles. The lowest BCUT2D eigenvalue weighted by atomic mass is 10.2. The number of H-pyrrole nitrogens is 1. The summed E-state index contributed by atoms with van der Waals surface area (Å²) in [6, 6.07) is 7.93. The zero-order chi connectivity index (χ0) is 18.0. The van der Waals surface area contributed by atoms with Crippen LogP contribution in [0.1, 0.15) is 27.6 Å². The highest BCUT2D eigenvalue weighted by Crippen LogP contribution is 2.24. The van der Waals surface area contributed by atoms with Crippen molar-refractivity contribution < 1.29 is 14.3 Å². The Labute approximate surface area is 142 Å². The van der Waals surface area contributed by atoms with Gasteiger partial charge in [0.15, 0.2) is 11.5 Å². The van der Waals surface area contributed by atoms with Gasteiger partial charge in [0.05, 0.1) is 12.0 Å².